The standard InChI is InChI=1S/C17H27N3O3S.HI/c1-3-9-23-12-15-7-5-4-6-14(15)11-19-17(18-2)20-16-8-10-24(21,22)13-16;/h4-7,16H,3,8-13H2,1-2H3,(H2,18,19,20);1H. The number of guanidine groups is 1. The molecule has 0 aliphatic carbocycles. The highest BCUT2D eigenvalue weighted by atomic mass is 127. The van der Waals surface area contributed by atoms with Crippen molar-refractivity contribution >= 4 is 39.8 Å². The summed E-state index contributed by atoms with van der Waals surface area (Å²) in [6, 6.07) is 8.06. The second kappa shape index (κ2) is 11.0. The molecule has 142 valence electrons. The summed E-state index contributed by atoms with van der Waals surface area (Å²) in [5, 5.41) is 6.45. The molecule has 0 amide bonds. The number of nitrogens with one attached hydrogen (secondary N) is 2. The summed E-state index contributed by atoms with van der Waals surface area (Å²) < 4.78 is 28.7. The molecular formula is C17H28IN3O3S. The first kappa shape index (κ1) is 22.2. The lowest BCUT2D eigenvalue weighted by molar-refractivity contribution is 0.121. The van der Waals surface area contributed by atoms with Crippen LogP contribution in [0.3, 0.4) is 0 Å². The Morgan fingerprint density at radius 2 is 2.04 bits per heavy atom. The maximum atomic E-state index is 11.5. The number of hydrogen-bond acceptors (Lipinski definition) is 4. The number of aliphatic imine (C=N–C) groups is 1. The van der Waals surface area contributed by atoms with Crippen LogP contribution in [-0.2, 0) is 27.7 Å². The summed E-state index contributed by atoms with van der Waals surface area (Å²) in [7, 11) is -1.21. The molecule has 2 N–H and O–H groups in total. The second-order valence-electron chi connectivity index (χ2n) is 5.99. The third-order valence-corrected chi connectivity index (χ3v) is 5.74. The number of rotatable bonds is 7. The first-order chi connectivity index (χ1) is 11.5. The van der Waals surface area contributed by atoms with Crippen molar-refractivity contribution < 1.29 is 13.2 Å². The predicted molar refractivity (Wildman–Crippen MR) is 112 cm³/mol. The molecule has 1 aliphatic rings. The average Bonchev–Trinajstić information content (AvgIpc) is 2.91. The van der Waals surface area contributed by atoms with Gasteiger partial charge >= 0.3 is 0 Å². The fraction of sp³-hybridized carbons (Fsp3) is 0.588. The fourth-order valence-electron chi connectivity index (χ4n) is 2.67. The number of halogens is 1. The highest BCUT2D eigenvalue weighted by molar-refractivity contribution is 14.0. The van der Waals surface area contributed by atoms with E-state index < -0.39 is 9.84 Å². The van der Waals surface area contributed by atoms with Gasteiger partial charge in [0.2, 0.25) is 0 Å². The largest absolute Gasteiger partial charge is 0.377 e. The molecule has 0 saturated carbocycles. The van der Waals surface area contributed by atoms with Crippen LogP contribution < -0.4 is 10.6 Å². The molecule has 0 aromatic heterocycles. The zero-order valence-electron chi connectivity index (χ0n) is 14.8. The fourth-order valence-corrected chi connectivity index (χ4v) is 4.35. The Labute approximate surface area is 167 Å². The van der Waals surface area contributed by atoms with Crippen LogP contribution in [0.15, 0.2) is 29.3 Å². The van der Waals surface area contributed by atoms with Crippen molar-refractivity contribution in [3.63, 3.8) is 0 Å². The number of sulfone groups is 1. The van der Waals surface area contributed by atoms with Gasteiger partial charge in [0.1, 0.15) is 0 Å². The summed E-state index contributed by atoms with van der Waals surface area (Å²) in [4.78, 5) is 4.19. The van der Waals surface area contributed by atoms with E-state index in [1.165, 1.54) is 0 Å². The smallest absolute Gasteiger partial charge is 0.191 e. The molecule has 1 atom stereocenters. The van der Waals surface area contributed by atoms with Gasteiger partial charge in [-0.15, -0.1) is 24.0 Å². The Bertz CT molecular complexity index is 665. The Hall–Kier alpha value is -0.870. The van der Waals surface area contributed by atoms with Crippen LogP contribution in [0.4, 0.5) is 0 Å². The molecular weight excluding hydrogens is 453 g/mol. The molecule has 0 radical (unpaired) electrons. The third kappa shape index (κ3) is 7.49. The summed E-state index contributed by atoms with van der Waals surface area (Å²) in [6.07, 6.45) is 1.63. The normalized spacial score (nSPS) is 19.3. The maximum Gasteiger partial charge on any atom is 0.191 e. The molecule has 1 saturated heterocycles. The van der Waals surface area contributed by atoms with E-state index in [1.807, 2.05) is 12.1 Å². The minimum absolute atomic E-state index is 0. The molecule has 1 fully saturated rings. The Kier molecular flexibility index (Phi) is 9.73. The van der Waals surface area contributed by atoms with Gasteiger partial charge in [0.25, 0.3) is 0 Å². The van der Waals surface area contributed by atoms with Gasteiger partial charge in [-0.2, -0.15) is 0 Å². The molecule has 0 spiro atoms. The Morgan fingerprint density at radius 1 is 1.32 bits per heavy atom. The maximum absolute atomic E-state index is 11.5. The van der Waals surface area contributed by atoms with Crippen LogP contribution in [0.2, 0.25) is 0 Å². The number of ether oxygens (including phenoxy) is 1. The summed E-state index contributed by atoms with van der Waals surface area (Å²) in [5.74, 6) is 1.05. The number of nitrogens with zero attached hydrogens (tertiary/aromatic N) is 1. The highest BCUT2D eigenvalue weighted by Gasteiger charge is 2.28. The van der Waals surface area contributed by atoms with Crippen molar-refractivity contribution in [2.24, 2.45) is 4.99 Å². The third-order valence-electron chi connectivity index (χ3n) is 3.97. The summed E-state index contributed by atoms with van der Waals surface area (Å²) in [5.41, 5.74) is 2.30. The zero-order valence-corrected chi connectivity index (χ0v) is 18.0. The molecule has 6 nitrogen and oxygen atoms in total. The number of benzene rings is 1. The van der Waals surface area contributed by atoms with Crippen molar-refractivity contribution in [3.05, 3.63) is 35.4 Å². The van der Waals surface area contributed by atoms with Gasteiger partial charge < -0.3 is 15.4 Å². The van der Waals surface area contributed by atoms with Crippen molar-refractivity contribution in [2.45, 2.75) is 39.0 Å². The van der Waals surface area contributed by atoms with Crippen LogP contribution in [0.25, 0.3) is 0 Å². The second-order valence-corrected chi connectivity index (χ2v) is 8.22. The van der Waals surface area contributed by atoms with Gasteiger partial charge in [-0.25, -0.2) is 8.42 Å². The van der Waals surface area contributed by atoms with E-state index in [-0.39, 0.29) is 41.5 Å². The molecule has 1 aromatic rings. The van der Waals surface area contributed by atoms with Gasteiger partial charge in [0, 0.05) is 26.2 Å². The van der Waals surface area contributed by atoms with Crippen molar-refractivity contribution in [3.8, 4) is 0 Å². The zero-order chi connectivity index (χ0) is 17.4. The van der Waals surface area contributed by atoms with E-state index >= 15 is 0 Å². The van der Waals surface area contributed by atoms with E-state index in [0.717, 1.165) is 24.2 Å². The van der Waals surface area contributed by atoms with Gasteiger partial charge in [-0.1, -0.05) is 31.2 Å². The van der Waals surface area contributed by atoms with Crippen LogP contribution in [0.1, 0.15) is 30.9 Å². The summed E-state index contributed by atoms with van der Waals surface area (Å²) >= 11 is 0. The van der Waals surface area contributed by atoms with Gasteiger partial charge in [-0.3, -0.25) is 4.99 Å². The van der Waals surface area contributed by atoms with Gasteiger partial charge in [-0.05, 0) is 24.0 Å². The molecule has 1 aliphatic heterocycles. The quantitative estimate of drug-likeness (QED) is 0.270. The van der Waals surface area contributed by atoms with Crippen LogP contribution in [0.5, 0.6) is 0 Å². The average molecular weight is 481 g/mol. The monoisotopic (exact) mass is 481 g/mol. The molecule has 2 rings (SSSR count). The minimum atomic E-state index is -2.90. The highest BCUT2D eigenvalue weighted by Crippen LogP contribution is 2.12. The first-order valence-electron chi connectivity index (χ1n) is 8.36. The van der Waals surface area contributed by atoms with Gasteiger partial charge in [0.15, 0.2) is 15.8 Å². The van der Waals surface area contributed by atoms with E-state index in [1.54, 1.807) is 7.05 Å². The van der Waals surface area contributed by atoms with E-state index in [4.69, 9.17) is 4.74 Å². The molecule has 1 unspecified atom stereocenters. The topological polar surface area (TPSA) is 79.8 Å². The SMILES string of the molecule is CCCOCc1ccccc1CNC(=NC)NC1CCS(=O)(=O)C1.I. The first-order valence-corrected chi connectivity index (χ1v) is 10.2. The lowest BCUT2D eigenvalue weighted by atomic mass is 10.1. The number of hydrogen-bond donors (Lipinski definition) is 2. The van der Waals surface area contributed by atoms with Crippen molar-refractivity contribution in [1.82, 2.24) is 10.6 Å². The predicted octanol–water partition coefficient (Wildman–Crippen LogP) is 2.08. The molecule has 1 heterocycles. The van der Waals surface area contributed by atoms with Crippen molar-refractivity contribution in [2.75, 3.05) is 25.2 Å². The molecule has 25 heavy (non-hydrogen) atoms. The molecule has 1 aromatic carbocycles. The van der Waals surface area contributed by atoms with Crippen molar-refractivity contribution in [1.29, 1.82) is 0 Å². The lowest BCUT2D eigenvalue weighted by Crippen LogP contribution is -2.43. The van der Waals surface area contributed by atoms with Crippen LogP contribution in [0, 0.1) is 0 Å². The molecule has 0 bridgehead atoms. The van der Waals surface area contributed by atoms with E-state index in [0.29, 0.717) is 25.5 Å². The molecule has 8 heteroatoms. The lowest BCUT2D eigenvalue weighted by Gasteiger charge is -2.17. The summed E-state index contributed by atoms with van der Waals surface area (Å²) in [6.45, 7) is 4.05. The van der Waals surface area contributed by atoms with E-state index in [9.17, 15) is 8.42 Å². The van der Waals surface area contributed by atoms with Gasteiger partial charge in [0.05, 0.1) is 18.1 Å². The van der Waals surface area contributed by atoms with Crippen LogP contribution >= 0.6 is 24.0 Å². The van der Waals surface area contributed by atoms with E-state index in [2.05, 4.69) is 34.7 Å². The Morgan fingerprint density at radius 3 is 2.64 bits per heavy atom. The Balaban J connectivity index is 0.00000312. The van der Waals surface area contributed by atoms with Crippen LogP contribution in [-0.4, -0.2) is 45.6 Å². The minimum Gasteiger partial charge on any atom is -0.377 e.